The Hall–Kier alpha value is -3.29. The van der Waals surface area contributed by atoms with Crippen LogP contribution in [0.5, 0.6) is 0 Å². The van der Waals surface area contributed by atoms with Gasteiger partial charge in [0.05, 0.1) is 29.1 Å². The SMILES string of the molecule is COC(=O)c1cc(-c2ccc(/C=C3/SC(=O)N(Cc4ccccc4)C3=O)o2)ccc1Cl. The summed E-state index contributed by atoms with van der Waals surface area (Å²) in [5.74, 6) is -0.0200. The lowest BCUT2D eigenvalue weighted by atomic mass is 10.1. The van der Waals surface area contributed by atoms with E-state index in [-0.39, 0.29) is 33.2 Å². The van der Waals surface area contributed by atoms with E-state index < -0.39 is 5.97 Å². The quantitative estimate of drug-likeness (QED) is 0.368. The molecule has 0 N–H and O–H groups in total. The first kappa shape index (κ1) is 21.0. The van der Waals surface area contributed by atoms with Crippen molar-refractivity contribution in [3.05, 3.63) is 87.5 Å². The molecule has 0 radical (unpaired) electrons. The first-order valence-electron chi connectivity index (χ1n) is 9.23. The number of imide groups is 1. The van der Waals surface area contributed by atoms with Crippen LogP contribution < -0.4 is 0 Å². The topological polar surface area (TPSA) is 76.8 Å². The maximum atomic E-state index is 12.7. The van der Waals surface area contributed by atoms with E-state index in [9.17, 15) is 14.4 Å². The van der Waals surface area contributed by atoms with E-state index in [4.69, 9.17) is 20.8 Å². The van der Waals surface area contributed by atoms with Gasteiger partial charge in [-0.25, -0.2) is 4.79 Å². The third-order valence-corrected chi connectivity index (χ3v) is 5.85. The van der Waals surface area contributed by atoms with Gasteiger partial charge in [0.25, 0.3) is 11.1 Å². The third-order valence-electron chi connectivity index (χ3n) is 4.61. The molecule has 3 aromatic rings. The predicted molar refractivity (Wildman–Crippen MR) is 118 cm³/mol. The first-order valence-corrected chi connectivity index (χ1v) is 10.4. The Balaban J connectivity index is 1.55. The molecule has 31 heavy (non-hydrogen) atoms. The van der Waals surface area contributed by atoms with Gasteiger partial charge in [-0.2, -0.15) is 0 Å². The van der Waals surface area contributed by atoms with Crippen molar-refractivity contribution in [1.82, 2.24) is 4.90 Å². The normalized spacial score (nSPS) is 15.0. The zero-order valence-electron chi connectivity index (χ0n) is 16.3. The molecule has 0 atom stereocenters. The fourth-order valence-corrected chi connectivity index (χ4v) is 4.08. The Morgan fingerprint density at radius 3 is 2.65 bits per heavy atom. The van der Waals surface area contributed by atoms with Gasteiger partial charge in [-0.3, -0.25) is 14.5 Å². The molecule has 2 amide bonds. The summed E-state index contributed by atoms with van der Waals surface area (Å²) in [5.41, 5.74) is 1.72. The Bertz CT molecular complexity index is 1200. The summed E-state index contributed by atoms with van der Waals surface area (Å²) in [6, 6.07) is 17.6. The number of rotatable bonds is 5. The molecule has 1 aliphatic heterocycles. The monoisotopic (exact) mass is 453 g/mol. The Morgan fingerprint density at radius 2 is 1.90 bits per heavy atom. The van der Waals surface area contributed by atoms with Crippen molar-refractivity contribution in [2.45, 2.75) is 6.54 Å². The minimum absolute atomic E-state index is 0.216. The number of hydrogen-bond donors (Lipinski definition) is 0. The summed E-state index contributed by atoms with van der Waals surface area (Å²) in [7, 11) is 1.28. The van der Waals surface area contributed by atoms with Crippen LogP contribution in [-0.2, 0) is 16.1 Å². The van der Waals surface area contributed by atoms with Crippen LogP contribution in [0.15, 0.2) is 70.0 Å². The molecule has 0 saturated carbocycles. The predicted octanol–water partition coefficient (Wildman–Crippen LogP) is 5.62. The molecule has 0 unspecified atom stereocenters. The number of methoxy groups -OCH3 is 1. The Kier molecular flexibility index (Phi) is 5.97. The van der Waals surface area contributed by atoms with Gasteiger partial charge in [0.15, 0.2) is 0 Å². The number of thioether (sulfide) groups is 1. The lowest BCUT2D eigenvalue weighted by molar-refractivity contribution is -0.123. The van der Waals surface area contributed by atoms with Crippen LogP contribution in [0.4, 0.5) is 4.79 Å². The summed E-state index contributed by atoms with van der Waals surface area (Å²) in [4.78, 5) is 38.4. The molecular weight excluding hydrogens is 438 g/mol. The summed E-state index contributed by atoms with van der Waals surface area (Å²) in [5, 5.41) is -0.0539. The molecule has 1 saturated heterocycles. The van der Waals surface area contributed by atoms with Gasteiger partial charge in [-0.05, 0) is 47.7 Å². The number of furan rings is 1. The highest BCUT2D eigenvalue weighted by molar-refractivity contribution is 8.18. The maximum Gasteiger partial charge on any atom is 0.339 e. The van der Waals surface area contributed by atoms with Crippen molar-refractivity contribution < 1.29 is 23.5 Å². The fraction of sp³-hybridized carbons (Fsp3) is 0.0870. The van der Waals surface area contributed by atoms with Gasteiger partial charge in [0, 0.05) is 11.6 Å². The molecule has 1 aliphatic rings. The van der Waals surface area contributed by atoms with E-state index in [1.54, 1.807) is 30.3 Å². The molecule has 0 spiro atoms. The molecule has 2 aromatic carbocycles. The molecule has 0 bridgehead atoms. The van der Waals surface area contributed by atoms with Crippen LogP contribution in [-0.4, -0.2) is 29.1 Å². The van der Waals surface area contributed by atoms with Crippen molar-refractivity contribution in [3.63, 3.8) is 0 Å². The maximum absolute atomic E-state index is 12.7. The first-order chi connectivity index (χ1) is 15.0. The van der Waals surface area contributed by atoms with Crippen LogP contribution in [0.1, 0.15) is 21.7 Å². The second kappa shape index (κ2) is 8.83. The van der Waals surface area contributed by atoms with Crippen LogP contribution in [0.2, 0.25) is 5.02 Å². The van der Waals surface area contributed by atoms with Crippen molar-refractivity contribution in [2.24, 2.45) is 0 Å². The number of benzene rings is 2. The zero-order valence-corrected chi connectivity index (χ0v) is 17.9. The lowest BCUT2D eigenvalue weighted by Crippen LogP contribution is -2.27. The average Bonchev–Trinajstić information content (AvgIpc) is 3.35. The molecular formula is C23H16ClNO5S. The van der Waals surface area contributed by atoms with E-state index >= 15 is 0 Å². The molecule has 0 aliphatic carbocycles. The molecule has 8 heteroatoms. The highest BCUT2D eigenvalue weighted by Crippen LogP contribution is 2.34. The summed E-state index contributed by atoms with van der Waals surface area (Å²) in [6.45, 7) is 0.216. The second-order valence-electron chi connectivity index (χ2n) is 6.64. The largest absolute Gasteiger partial charge is 0.465 e. The van der Waals surface area contributed by atoms with Crippen molar-refractivity contribution in [3.8, 4) is 11.3 Å². The van der Waals surface area contributed by atoms with Crippen LogP contribution in [0.3, 0.4) is 0 Å². The number of amides is 2. The zero-order chi connectivity index (χ0) is 22.0. The number of hydrogen-bond acceptors (Lipinski definition) is 6. The highest BCUT2D eigenvalue weighted by Gasteiger charge is 2.35. The van der Waals surface area contributed by atoms with E-state index in [1.807, 2.05) is 30.3 Å². The molecule has 4 rings (SSSR count). The van der Waals surface area contributed by atoms with Gasteiger partial charge in [0.2, 0.25) is 0 Å². The highest BCUT2D eigenvalue weighted by atomic mass is 35.5. The molecule has 1 fully saturated rings. The van der Waals surface area contributed by atoms with Crippen LogP contribution in [0, 0.1) is 0 Å². The van der Waals surface area contributed by atoms with Gasteiger partial charge in [0.1, 0.15) is 11.5 Å². The smallest absolute Gasteiger partial charge is 0.339 e. The molecule has 6 nitrogen and oxygen atoms in total. The lowest BCUT2D eigenvalue weighted by Gasteiger charge is -2.11. The van der Waals surface area contributed by atoms with Gasteiger partial charge in [-0.15, -0.1) is 0 Å². The number of halogens is 1. The van der Waals surface area contributed by atoms with Crippen molar-refractivity contribution >= 4 is 46.6 Å². The molecule has 1 aromatic heterocycles. The van der Waals surface area contributed by atoms with Gasteiger partial charge < -0.3 is 9.15 Å². The summed E-state index contributed by atoms with van der Waals surface area (Å²) in [6.07, 6.45) is 1.54. The minimum Gasteiger partial charge on any atom is -0.465 e. The Morgan fingerprint density at radius 1 is 1.13 bits per heavy atom. The summed E-state index contributed by atoms with van der Waals surface area (Å²) >= 11 is 6.93. The second-order valence-corrected chi connectivity index (χ2v) is 8.04. The standard InChI is InChI=1S/C23H16ClNO5S/c1-29-22(27)17-11-15(7-9-18(17)24)19-10-8-16(30-19)12-20-21(26)25(23(28)31-20)13-14-5-3-2-4-6-14/h2-12H,13H2,1H3/b20-12+. The average molecular weight is 454 g/mol. The van der Waals surface area contributed by atoms with E-state index in [0.717, 1.165) is 17.3 Å². The van der Waals surface area contributed by atoms with Crippen molar-refractivity contribution in [1.29, 1.82) is 0 Å². The minimum atomic E-state index is -0.550. The van der Waals surface area contributed by atoms with Gasteiger partial charge >= 0.3 is 5.97 Å². The molecule has 2 heterocycles. The fourth-order valence-electron chi connectivity index (χ4n) is 3.06. The number of ether oxygens (including phenoxy) is 1. The van der Waals surface area contributed by atoms with Crippen LogP contribution >= 0.6 is 23.4 Å². The third kappa shape index (κ3) is 4.42. The van der Waals surface area contributed by atoms with Gasteiger partial charge in [-0.1, -0.05) is 41.9 Å². The van der Waals surface area contributed by atoms with E-state index in [1.165, 1.54) is 18.1 Å². The van der Waals surface area contributed by atoms with Crippen LogP contribution in [0.25, 0.3) is 17.4 Å². The number of nitrogens with zero attached hydrogens (tertiary/aromatic N) is 1. The number of esters is 1. The Labute approximate surface area is 187 Å². The number of carbonyl (C=O) groups is 3. The number of carbonyl (C=O) groups excluding carboxylic acids is 3. The van der Waals surface area contributed by atoms with Crippen molar-refractivity contribution in [2.75, 3.05) is 7.11 Å². The molecule has 156 valence electrons. The van der Waals surface area contributed by atoms with E-state index in [0.29, 0.717) is 17.1 Å². The summed E-state index contributed by atoms with van der Waals surface area (Å²) < 4.78 is 10.5. The van der Waals surface area contributed by atoms with E-state index in [2.05, 4.69) is 0 Å².